The summed E-state index contributed by atoms with van der Waals surface area (Å²) in [6.45, 7) is 26.3. The Labute approximate surface area is 249 Å². The molecule has 5 nitrogen and oxygen atoms in total. The molecule has 0 aliphatic rings. The standard InChI is InChI=1S/C36H55NO4/c1-13-15-18-37-23-26(14-2)19-29(37)31-20-27-16-17-28(21-30(27)40-31)39-25(3)22-35(10,11)41-32(38)36(12,34(7,8)9)24-33(4,5)6/h16-17,19-21,23,25H,13-15,18,22,24H2,1-12H3. The van der Waals surface area contributed by atoms with Crippen molar-refractivity contribution in [1.29, 1.82) is 0 Å². The van der Waals surface area contributed by atoms with Crippen LogP contribution in [-0.2, 0) is 22.5 Å². The van der Waals surface area contributed by atoms with Gasteiger partial charge in [0.25, 0.3) is 0 Å². The first-order chi connectivity index (χ1) is 18.9. The summed E-state index contributed by atoms with van der Waals surface area (Å²) in [4.78, 5) is 13.6. The quantitative estimate of drug-likeness (QED) is 0.205. The maximum Gasteiger partial charge on any atom is 0.312 e. The monoisotopic (exact) mass is 565 g/mol. The number of unbranched alkanes of at least 4 members (excludes halogenated alkanes) is 1. The van der Waals surface area contributed by atoms with Crippen molar-refractivity contribution in [3.63, 3.8) is 0 Å². The number of hydrogen-bond donors (Lipinski definition) is 0. The fourth-order valence-electron chi connectivity index (χ4n) is 5.77. The molecular weight excluding hydrogens is 510 g/mol. The molecule has 0 saturated carbocycles. The van der Waals surface area contributed by atoms with Crippen LogP contribution in [0.25, 0.3) is 22.4 Å². The molecule has 5 heteroatoms. The van der Waals surface area contributed by atoms with E-state index in [1.165, 1.54) is 5.56 Å². The van der Waals surface area contributed by atoms with Crippen LogP contribution in [0.3, 0.4) is 0 Å². The molecule has 41 heavy (non-hydrogen) atoms. The van der Waals surface area contributed by atoms with Crippen molar-refractivity contribution in [3.8, 4) is 17.2 Å². The Morgan fingerprint density at radius 2 is 1.66 bits per heavy atom. The highest BCUT2D eigenvalue weighted by atomic mass is 16.6. The van der Waals surface area contributed by atoms with Crippen LogP contribution in [0.15, 0.2) is 40.9 Å². The zero-order chi connectivity index (χ0) is 30.8. The third kappa shape index (κ3) is 8.20. The summed E-state index contributed by atoms with van der Waals surface area (Å²) in [6, 6.07) is 10.4. The van der Waals surface area contributed by atoms with E-state index in [9.17, 15) is 4.79 Å². The minimum Gasteiger partial charge on any atom is -0.490 e. The number of carbonyl (C=O) groups excluding carboxylic acids is 1. The van der Waals surface area contributed by atoms with Gasteiger partial charge in [-0.25, -0.2) is 0 Å². The summed E-state index contributed by atoms with van der Waals surface area (Å²) in [6.07, 6.45) is 6.70. The number of rotatable bonds is 12. The van der Waals surface area contributed by atoms with Gasteiger partial charge >= 0.3 is 5.97 Å². The highest BCUT2D eigenvalue weighted by molar-refractivity contribution is 5.83. The molecule has 0 aliphatic carbocycles. The average molecular weight is 566 g/mol. The molecule has 0 radical (unpaired) electrons. The van der Waals surface area contributed by atoms with Crippen LogP contribution in [0, 0.1) is 16.2 Å². The highest BCUT2D eigenvalue weighted by Crippen LogP contribution is 2.48. The Morgan fingerprint density at radius 3 is 2.24 bits per heavy atom. The largest absolute Gasteiger partial charge is 0.490 e. The van der Waals surface area contributed by atoms with Crippen LogP contribution in [0.2, 0.25) is 0 Å². The summed E-state index contributed by atoms with van der Waals surface area (Å²) in [5.41, 5.74) is 1.73. The topological polar surface area (TPSA) is 53.6 Å². The number of aromatic nitrogens is 1. The molecule has 0 aliphatic heterocycles. The van der Waals surface area contributed by atoms with Gasteiger partial charge in [0.15, 0.2) is 5.76 Å². The molecule has 0 saturated heterocycles. The fraction of sp³-hybridized carbons (Fsp3) is 0.639. The molecule has 2 atom stereocenters. The van der Waals surface area contributed by atoms with Gasteiger partial charge in [-0.3, -0.25) is 4.79 Å². The Kier molecular flexibility index (Phi) is 9.82. The van der Waals surface area contributed by atoms with Crippen molar-refractivity contribution >= 4 is 16.9 Å². The van der Waals surface area contributed by atoms with E-state index in [2.05, 4.69) is 84.4 Å². The van der Waals surface area contributed by atoms with Gasteiger partial charge in [0, 0.05) is 30.6 Å². The Hall–Kier alpha value is -2.69. The van der Waals surface area contributed by atoms with E-state index in [4.69, 9.17) is 13.9 Å². The molecule has 0 fully saturated rings. The van der Waals surface area contributed by atoms with E-state index in [0.29, 0.717) is 6.42 Å². The highest BCUT2D eigenvalue weighted by Gasteiger charge is 2.49. The zero-order valence-electron chi connectivity index (χ0n) is 27.9. The molecule has 2 aromatic heterocycles. The SMILES string of the molecule is CCCCn1cc(CC)cc1-c1cc2ccc(OC(C)CC(C)(C)OC(=O)C(C)(CC(C)(C)C)C(C)(C)C)cc2o1. The number of fused-ring (bicyclic) bond motifs is 1. The van der Waals surface area contributed by atoms with Gasteiger partial charge in [-0.1, -0.05) is 61.8 Å². The second-order valence-electron chi connectivity index (χ2n) is 15.0. The maximum absolute atomic E-state index is 13.6. The van der Waals surface area contributed by atoms with Gasteiger partial charge in [0.05, 0.1) is 17.2 Å². The summed E-state index contributed by atoms with van der Waals surface area (Å²) in [5, 5.41) is 1.05. The van der Waals surface area contributed by atoms with E-state index in [-0.39, 0.29) is 22.9 Å². The molecular formula is C36H55NO4. The lowest BCUT2D eigenvalue weighted by molar-refractivity contribution is -0.180. The number of hydrogen-bond acceptors (Lipinski definition) is 4. The maximum atomic E-state index is 13.6. The van der Waals surface area contributed by atoms with Gasteiger partial charge in [-0.2, -0.15) is 0 Å². The molecule has 3 aromatic rings. The summed E-state index contributed by atoms with van der Waals surface area (Å²) in [7, 11) is 0. The lowest BCUT2D eigenvalue weighted by atomic mass is 9.61. The second-order valence-corrected chi connectivity index (χ2v) is 15.0. The summed E-state index contributed by atoms with van der Waals surface area (Å²) >= 11 is 0. The first kappa shape index (κ1) is 32.8. The van der Waals surface area contributed by atoms with E-state index < -0.39 is 11.0 Å². The van der Waals surface area contributed by atoms with Crippen LogP contribution < -0.4 is 4.74 Å². The lowest BCUT2D eigenvalue weighted by Gasteiger charge is -2.45. The van der Waals surface area contributed by atoms with Crippen LogP contribution in [0.4, 0.5) is 0 Å². The van der Waals surface area contributed by atoms with Gasteiger partial charge in [-0.15, -0.1) is 0 Å². The number of aryl methyl sites for hydroxylation is 2. The lowest BCUT2D eigenvalue weighted by Crippen LogP contribution is -2.47. The second kappa shape index (κ2) is 12.3. The third-order valence-electron chi connectivity index (χ3n) is 8.33. The van der Waals surface area contributed by atoms with E-state index in [1.54, 1.807) is 0 Å². The summed E-state index contributed by atoms with van der Waals surface area (Å²) < 4.78 is 21.2. The fourth-order valence-corrected chi connectivity index (χ4v) is 5.77. The molecule has 1 aromatic carbocycles. The van der Waals surface area contributed by atoms with Gasteiger partial charge in [0.2, 0.25) is 0 Å². The molecule has 3 rings (SSSR count). The number of nitrogens with zero attached hydrogens (tertiary/aromatic N) is 1. The van der Waals surface area contributed by atoms with Gasteiger partial charge in [0.1, 0.15) is 16.9 Å². The zero-order valence-corrected chi connectivity index (χ0v) is 27.9. The third-order valence-corrected chi connectivity index (χ3v) is 8.33. The molecule has 0 amide bonds. The van der Waals surface area contributed by atoms with Crippen LogP contribution >= 0.6 is 0 Å². The van der Waals surface area contributed by atoms with Crippen molar-refractivity contribution in [1.82, 2.24) is 4.57 Å². The molecule has 2 heterocycles. The van der Waals surface area contributed by atoms with E-state index >= 15 is 0 Å². The predicted octanol–water partition coefficient (Wildman–Crippen LogP) is 10.2. The predicted molar refractivity (Wildman–Crippen MR) is 170 cm³/mol. The van der Waals surface area contributed by atoms with Crippen molar-refractivity contribution < 1.29 is 18.7 Å². The molecule has 0 bridgehead atoms. The number of ether oxygens (including phenoxy) is 2. The van der Waals surface area contributed by atoms with Crippen molar-refractivity contribution in [2.24, 2.45) is 16.2 Å². The number of esters is 1. The molecule has 0 spiro atoms. The Bertz CT molecular complexity index is 1310. The van der Waals surface area contributed by atoms with Crippen molar-refractivity contribution in [2.75, 3.05) is 0 Å². The van der Waals surface area contributed by atoms with Crippen molar-refractivity contribution in [3.05, 3.63) is 42.1 Å². The molecule has 228 valence electrons. The van der Waals surface area contributed by atoms with Crippen LogP contribution in [0.5, 0.6) is 5.75 Å². The van der Waals surface area contributed by atoms with Gasteiger partial charge in [-0.05, 0) is 87.6 Å². The van der Waals surface area contributed by atoms with E-state index in [0.717, 1.165) is 60.4 Å². The normalized spacial score (nSPS) is 15.1. The minimum absolute atomic E-state index is 0.00283. The number of furan rings is 1. The first-order valence-corrected chi connectivity index (χ1v) is 15.5. The molecule has 0 N–H and O–H groups in total. The van der Waals surface area contributed by atoms with Gasteiger partial charge < -0.3 is 18.5 Å². The molecule has 2 unspecified atom stereocenters. The summed E-state index contributed by atoms with van der Waals surface area (Å²) in [5.74, 6) is 1.48. The first-order valence-electron chi connectivity index (χ1n) is 15.5. The van der Waals surface area contributed by atoms with Crippen LogP contribution in [0.1, 0.15) is 114 Å². The average Bonchev–Trinajstić information content (AvgIpc) is 3.43. The number of carbonyl (C=O) groups is 1. The van der Waals surface area contributed by atoms with Crippen LogP contribution in [-0.4, -0.2) is 22.2 Å². The van der Waals surface area contributed by atoms with Crippen molar-refractivity contribution in [2.45, 2.75) is 133 Å². The Morgan fingerprint density at radius 1 is 0.976 bits per heavy atom. The smallest absolute Gasteiger partial charge is 0.312 e. The minimum atomic E-state index is -0.677. The van der Waals surface area contributed by atoms with E-state index in [1.807, 2.05) is 39.8 Å². The Balaban J connectivity index is 1.73. The number of benzene rings is 1.